The normalized spacial score (nSPS) is 24.2. The third-order valence-electron chi connectivity index (χ3n) is 3.50. The lowest BCUT2D eigenvalue weighted by Gasteiger charge is -2.39. The molecule has 1 unspecified atom stereocenters. The molecule has 1 amide bonds. The molecule has 1 aliphatic rings. The van der Waals surface area contributed by atoms with E-state index in [1.54, 1.807) is 0 Å². The van der Waals surface area contributed by atoms with Gasteiger partial charge in [-0.3, -0.25) is 9.59 Å². The lowest BCUT2D eigenvalue weighted by Crippen LogP contribution is -2.51. The van der Waals surface area contributed by atoms with Crippen LogP contribution in [-0.4, -0.2) is 55.4 Å². The minimum Gasteiger partial charge on any atom is -0.481 e. The predicted molar refractivity (Wildman–Crippen MR) is 70.5 cm³/mol. The molecule has 1 fully saturated rings. The molecule has 0 aromatic rings. The summed E-state index contributed by atoms with van der Waals surface area (Å²) >= 11 is 0. The standard InChI is InChI=1S/C12H21NO5S/c1-3-5-12(11(15)16)6-4-7-13(9-12)10(14)8-19(2,17)18/h3-9H2,1-2H3,(H,15,16). The summed E-state index contributed by atoms with van der Waals surface area (Å²) in [6.45, 7) is 2.46. The van der Waals surface area contributed by atoms with Crippen molar-refractivity contribution >= 4 is 21.7 Å². The molecule has 7 heteroatoms. The van der Waals surface area contributed by atoms with Crippen molar-refractivity contribution in [3.05, 3.63) is 0 Å². The van der Waals surface area contributed by atoms with Crippen molar-refractivity contribution in [3.8, 4) is 0 Å². The van der Waals surface area contributed by atoms with Gasteiger partial charge in [-0.2, -0.15) is 0 Å². The molecule has 19 heavy (non-hydrogen) atoms. The van der Waals surface area contributed by atoms with Crippen LogP contribution in [-0.2, 0) is 19.4 Å². The first-order valence-corrected chi connectivity index (χ1v) is 8.45. The Labute approximate surface area is 113 Å². The van der Waals surface area contributed by atoms with E-state index in [0.717, 1.165) is 12.7 Å². The molecule has 1 N–H and O–H groups in total. The molecule has 0 bridgehead atoms. The average molecular weight is 291 g/mol. The first-order chi connectivity index (χ1) is 8.70. The molecule has 0 saturated carbocycles. The van der Waals surface area contributed by atoms with Crippen molar-refractivity contribution in [1.29, 1.82) is 0 Å². The fourth-order valence-corrected chi connectivity index (χ4v) is 3.26. The number of aliphatic carboxylic acids is 1. The number of sulfone groups is 1. The number of hydrogen-bond donors (Lipinski definition) is 1. The maximum Gasteiger partial charge on any atom is 0.311 e. The maximum absolute atomic E-state index is 11.9. The number of carbonyl (C=O) groups excluding carboxylic acids is 1. The second-order valence-corrected chi connectivity index (χ2v) is 7.46. The Morgan fingerprint density at radius 3 is 2.47 bits per heavy atom. The lowest BCUT2D eigenvalue weighted by molar-refractivity contribution is -0.155. The minimum absolute atomic E-state index is 0.116. The van der Waals surface area contributed by atoms with Gasteiger partial charge in [-0.15, -0.1) is 0 Å². The van der Waals surface area contributed by atoms with E-state index >= 15 is 0 Å². The molecule has 0 spiro atoms. The van der Waals surface area contributed by atoms with Crippen LogP contribution in [0.5, 0.6) is 0 Å². The van der Waals surface area contributed by atoms with Crippen molar-refractivity contribution in [1.82, 2.24) is 4.90 Å². The fraction of sp³-hybridized carbons (Fsp3) is 0.833. The number of amides is 1. The van der Waals surface area contributed by atoms with E-state index in [0.29, 0.717) is 25.8 Å². The Hall–Kier alpha value is -1.11. The number of carboxylic acid groups (broad SMARTS) is 1. The largest absolute Gasteiger partial charge is 0.481 e. The molecule has 1 heterocycles. The van der Waals surface area contributed by atoms with Gasteiger partial charge < -0.3 is 10.0 Å². The summed E-state index contributed by atoms with van der Waals surface area (Å²) in [5, 5.41) is 9.40. The molecule has 0 aromatic heterocycles. The van der Waals surface area contributed by atoms with Gasteiger partial charge >= 0.3 is 5.97 Å². The van der Waals surface area contributed by atoms with E-state index in [2.05, 4.69) is 0 Å². The molecule has 1 aliphatic heterocycles. The van der Waals surface area contributed by atoms with Gasteiger partial charge in [0.25, 0.3) is 0 Å². The summed E-state index contributed by atoms with van der Waals surface area (Å²) in [4.78, 5) is 24.7. The van der Waals surface area contributed by atoms with E-state index in [-0.39, 0.29) is 6.54 Å². The number of rotatable bonds is 5. The highest BCUT2D eigenvalue weighted by Crippen LogP contribution is 2.35. The van der Waals surface area contributed by atoms with Crippen molar-refractivity contribution in [2.24, 2.45) is 5.41 Å². The van der Waals surface area contributed by atoms with Crippen LogP contribution < -0.4 is 0 Å². The first kappa shape index (κ1) is 15.9. The van der Waals surface area contributed by atoms with E-state index in [4.69, 9.17) is 0 Å². The number of carboxylic acids is 1. The zero-order valence-corrected chi connectivity index (χ0v) is 12.2. The summed E-state index contributed by atoms with van der Waals surface area (Å²) in [5.74, 6) is -1.94. The second kappa shape index (κ2) is 5.90. The summed E-state index contributed by atoms with van der Waals surface area (Å²) < 4.78 is 22.3. The van der Waals surface area contributed by atoms with Gasteiger partial charge in [0.1, 0.15) is 5.75 Å². The van der Waals surface area contributed by atoms with Crippen LogP contribution >= 0.6 is 0 Å². The molecule has 1 saturated heterocycles. The van der Waals surface area contributed by atoms with Crippen LogP contribution in [0, 0.1) is 5.41 Å². The van der Waals surface area contributed by atoms with Crippen LogP contribution in [0.4, 0.5) is 0 Å². The van der Waals surface area contributed by atoms with Crippen molar-refractivity contribution in [2.75, 3.05) is 25.1 Å². The van der Waals surface area contributed by atoms with Crippen molar-refractivity contribution < 1.29 is 23.1 Å². The predicted octanol–water partition coefficient (Wildman–Crippen LogP) is 0.524. The highest BCUT2D eigenvalue weighted by molar-refractivity contribution is 7.91. The van der Waals surface area contributed by atoms with E-state index in [1.807, 2.05) is 6.92 Å². The molecule has 0 aromatic carbocycles. The van der Waals surface area contributed by atoms with Crippen LogP contribution in [0.3, 0.4) is 0 Å². The highest BCUT2D eigenvalue weighted by Gasteiger charge is 2.42. The third kappa shape index (κ3) is 4.19. The zero-order valence-electron chi connectivity index (χ0n) is 11.4. The van der Waals surface area contributed by atoms with Gasteiger partial charge in [-0.25, -0.2) is 8.42 Å². The van der Waals surface area contributed by atoms with Crippen LogP contribution in [0.15, 0.2) is 0 Å². The molecular weight excluding hydrogens is 270 g/mol. The molecule has 110 valence electrons. The van der Waals surface area contributed by atoms with Crippen LogP contribution in [0.1, 0.15) is 32.6 Å². The van der Waals surface area contributed by atoms with Crippen LogP contribution in [0.25, 0.3) is 0 Å². The highest BCUT2D eigenvalue weighted by atomic mass is 32.2. The van der Waals surface area contributed by atoms with E-state index in [1.165, 1.54) is 4.90 Å². The molecule has 1 rings (SSSR count). The molecule has 0 radical (unpaired) electrons. The molecule has 6 nitrogen and oxygen atoms in total. The van der Waals surface area contributed by atoms with Crippen molar-refractivity contribution in [3.63, 3.8) is 0 Å². The monoisotopic (exact) mass is 291 g/mol. The Bertz CT molecular complexity index is 455. The molecule has 0 aliphatic carbocycles. The SMILES string of the molecule is CCCC1(C(=O)O)CCCN(C(=O)CS(C)(=O)=O)C1. The number of carbonyl (C=O) groups is 2. The van der Waals surface area contributed by atoms with E-state index in [9.17, 15) is 23.1 Å². The Morgan fingerprint density at radius 2 is 2.00 bits per heavy atom. The summed E-state index contributed by atoms with van der Waals surface area (Å²) in [6.07, 6.45) is 3.37. The third-order valence-corrected chi connectivity index (χ3v) is 4.27. The zero-order chi connectivity index (χ0) is 14.7. The van der Waals surface area contributed by atoms with Gasteiger partial charge in [0.2, 0.25) is 5.91 Å². The Morgan fingerprint density at radius 1 is 1.37 bits per heavy atom. The van der Waals surface area contributed by atoms with Gasteiger partial charge in [-0.1, -0.05) is 13.3 Å². The smallest absolute Gasteiger partial charge is 0.311 e. The number of hydrogen-bond acceptors (Lipinski definition) is 4. The minimum atomic E-state index is -3.38. The molecule has 1 atom stereocenters. The number of likely N-dealkylation sites (tertiary alicyclic amines) is 1. The molecular formula is C12H21NO5S. The average Bonchev–Trinajstić information content (AvgIpc) is 2.27. The Balaban J connectivity index is 2.83. The van der Waals surface area contributed by atoms with E-state index < -0.39 is 32.9 Å². The maximum atomic E-state index is 11.9. The first-order valence-electron chi connectivity index (χ1n) is 6.39. The second-order valence-electron chi connectivity index (χ2n) is 5.32. The van der Waals surface area contributed by atoms with Gasteiger partial charge in [0, 0.05) is 19.3 Å². The summed E-state index contributed by atoms with van der Waals surface area (Å²) in [7, 11) is -3.38. The van der Waals surface area contributed by atoms with Gasteiger partial charge in [-0.05, 0) is 19.3 Å². The van der Waals surface area contributed by atoms with Crippen molar-refractivity contribution in [2.45, 2.75) is 32.6 Å². The quantitative estimate of drug-likeness (QED) is 0.797. The van der Waals surface area contributed by atoms with Gasteiger partial charge in [0.15, 0.2) is 9.84 Å². The number of nitrogens with zero attached hydrogens (tertiary/aromatic N) is 1. The fourth-order valence-electron chi connectivity index (χ4n) is 2.62. The Kier molecular flexibility index (Phi) is 4.95. The summed E-state index contributed by atoms with van der Waals surface area (Å²) in [5.41, 5.74) is -0.917. The lowest BCUT2D eigenvalue weighted by atomic mass is 9.76. The topological polar surface area (TPSA) is 91.8 Å². The van der Waals surface area contributed by atoms with Crippen LogP contribution in [0.2, 0.25) is 0 Å². The number of piperidine rings is 1. The van der Waals surface area contributed by atoms with Gasteiger partial charge in [0.05, 0.1) is 5.41 Å². The summed E-state index contributed by atoms with van der Waals surface area (Å²) in [6, 6.07) is 0.